The van der Waals surface area contributed by atoms with Gasteiger partial charge in [-0.05, 0) is 55.0 Å². The van der Waals surface area contributed by atoms with Crippen LogP contribution in [0, 0.1) is 11.8 Å². The fourth-order valence-electron chi connectivity index (χ4n) is 6.65. The number of halogens is 6. The number of carboxylic acid groups (broad SMARTS) is 1. The molecule has 1 N–H and O–H groups in total. The predicted octanol–water partition coefficient (Wildman–Crippen LogP) is 7.00. The molecule has 2 saturated heterocycles. The molecule has 44 heavy (non-hydrogen) atoms. The van der Waals surface area contributed by atoms with Crippen LogP contribution in [0.15, 0.2) is 48.7 Å². The lowest BCUT2D eigenvalue weighted by Gasteiger charge is -2.37. The summed E-state index contributed by atoms with van der Waals surface area (Å²) in [5.41, 5.74) is 2.70. The zero-order valence-electron chi connectivity index (χ0n) is 23.9. The van der Waals surface area contributed by atoms with Gasteiger partial charge < -0.3 is 14.9 Å². The first-order chi connectivity index (χ1) is 21.0. The maximum Gasteiger partial charge on any atom is 0.392 e. The molecule has 1 aromatic heterocycles. The number of nitrogens with zero attached hydrogens (tertiary/aromatic N) is 5. The van der Waals surface area contributed by atoms with Gasteiger partial charge >= 0.3 is 12.1 Å². The van der Waals surface area contributed by atoms with Crippen LogP contribution in [0.4, 0.5) is 33.3 Å². The number of benzene rings is 2. The molecule has 6 rings (SSSR count). The monoisotopic (exact) mass is 637 g/mol. The minimum absolute atomic E-state index is 0.238. The summed E-state index contributed by atoms with van der Waals surface area (Å²) in [7, 11) is 0. The Kier molecular flexibility index (Phi) is 8.49. The van der Waals surface area contributed by atoms with E-state index in [1.165, 1.54) is 4.68 Å². The van der Waals surface area contributed by atoms with Gasteiger partial charge in [0, 0.05) is 67.8 Å². The number of piperidine rings is 1. The Labute approximate surface area is 256 Å². The van der Waals surface area contributed by atoms with Crippen LogP contribution in [-0.4, -0.2) is 77.7 Å². The highest BCUT2D eigenvalue weighted by Gasteiger charge is 2.55. The highest BCUT2D eigenvalue weighted by atomic mass is 35.5. The van der Waals surface area contributed by atoms with Crippen molar-refractivity contribution in [1.29, 1.82) is 0 Å². The molecule has 3 aromatic rings. The summed E-state index contributed by atoms with van der Waals surface area (Å²) in [5.74, 6) is -2.86. The molecule has 3 atom stereocenters. The molecule has 0 spiro atoms. The highest BCUT2D eigenvalue weighted by Crippen LogP contribution is 2.50. The Morgan fingerprint density at radius 3 is 2.39 bits per heavy atom. The molecule has 2 aliphatic heterocycles. The molecule has 13 heteroatoms. The Hall–Kier alpha value is -3.38. The zero-order valence-corrected chi connectivity index (χ0v) is 24.6. The van der Waals surface area contributed by atoms with Crippen LogP contribution in [0.3, 0.4) is 0 Å². The van der Waals surface area contributed by atoms with Crippen LogP contribution >= 0.6 is 11.6 Å². The molecular formula is C31H33ClF5N5O2. The van der Waals surface area contributed by atoms with Gasteiger partial charge in [0.2, 0.25) is 0 Å². The number of alkyl halides is 5. The van der Waals surface area contributed by atoms with E-state index in [4.69, 9.17) is 11.6 Å². The normalized spacial score (nSPS) is 22.9. The summed E-state index contributed by atoms with van der Waals surface area (Å²) < 4.78 is 67.7. The largest absolute Gasteiger partial charge is 0.478 e. The smallest absolute Gasteiger partial charge is 0.392 e. The van der Waals surface area contributed by atoms with Gasteiger partial charge in [-0.25, -0.2) is 13.6 Å². The van der Waals surface area contributed by atoms with Crippen molar-refractivity contribution in [2.45, 2.75) is 37.9 Å². The molecule has 0 amide bonds. The van der Waals surface area contributed by atoms with Gasteiger partial charge in [0.15, 0.2) is 0 Å². The second kappa shape index (κ2) is 12.2. The lowest BCUT2D eigenvalue weighted by molar-refractivity contribution is -0.151. The Morgan fingerprint density at radius 2 is 1.75 bits per heavy atom. The van der Waals surface area contributed by atoms with Crippen molar-refractivity contribution in [2.24, 2.45) is 11.8 Å². The molecule has 2 aromatic carbocycles. The van der Waals surface area contributed by atoms with Gasteiger partial charge in [0.25, 0.3) is 6.43 Å². The van der Waals surface area contributed by atoms with Crippen LogP contribution in [0.5, 0.6) is 0 Å². The van der Waals surface area contributed by atoms with E-state index >= 15 is 0 Å². The van der Waals surface area contributed by atoms with Crippen LogP contribution in [-0.2, 0) is 0 Å². The SMILES string of the molecule is O=C(O)c1cnn(C2CCCN(c3cc(Cl)ccc3-c3ccc(N4CCN(C[C@@H]5C[C@@H]5C(F)(F)F)CC4)cc3)C2)c1C(F)F. The third kappa shape index (κ3) is 6.37. The predicted molar refractivity (Wildman–Crippen MR) is 158 cm³/mol. The molecule has 0 bridgehead atoms. The molecule has 3 aliphatic rings. The van der Waals surface area contributed by atoms with Gasteiger partial charge in [-0.2, -0.15) is 18.3 Å². The van der Waals surface area contributed by atoms with Gasteiger partial charge in [0.1, 0.15) is 11.3 Å². The van der Waals surface area contributed by atoms with Gasteiger partial charge in [-0.3, -0.25) is 9.58 Å². The maximum absolute atomic E-state index is 13.9. The first-order valence-corrected chi connectivity index (χ1v) is 15.1. The van der Waals surface area contributed by atoms with Crippen molar-refractivity contribution in [3.8, 4) is 11.1 Å². The topological polar surface area (TPSA) is 64.8 Å². The number of hydrogen-bond donors (Lipinski definition) is 1. The van der Waals surface area contributed by atoms with E-state index in [1.54, 1.807) is 6.07 Å². The van der Waals surface area contributed by atoms with E-state index in [0.717, 1.165) is 54.9 Å². The van der Waals surface area contributed by atoms with E-state index in [2.05, 4.69) is 19.8 Å². The van der Waals surface area contributed by atoms with E-state index < -0.39 is 41.8 Å². The van der Waals surface area contributed by atoms with Crippen molar-refractivity contribution < 1.29 is 31.9 Å². The first kappa shape index (κ1) is 30.6. The summed E-state index contributed by atoms with van der Waals surface area (Å²) in [6.45, 7) is 4.45. The lowest BCUT2D eigenvalue weighted by Crippen LogP contribution is -2.47. The molecule has 236 valence electrons. The number of rotatable bonds is 8. The fraction of sp³-hybridized carbons (Fsp3) is 0.484. The van der Waals surface area contributed by atoms with E-state index in [0.29, 0.717) is 37.5 Å². The Balaban J connectivity index is 1.15. The summed E-state index contributed by atoms with van der Waals surface area (Å²) in [4.78, 5) is 18.0. The van der Waals surface area contributed by atoms with Gasteiger partial charge in [-0.15, -0.1) is 0 Å². The van der Waals surface area contributed by atoms with E-state index in [1.807, 2.05) is 36.4 Å². The summed E-state index contributed by atoms with van der Waals surface area (Å²) in [6, 6.07) is 13.3. The Bertz CT molecular complexity index is 1490. The zero-order chi connectivity index (χ0) is 31.2. The van der Waals surface area contributed by atoms with Crippen LogP contribution in [0.1, 0.15) is 47.8 Å². The van der Waals surface area contributed by atoms with Crippen molar-refractivity contribution in [3.63, 3.8) is 0 Å². The number of anilines is 2. The minimum atomic E-state index is -4.09. The minimum Gasteiger partial charge on any atom is -0.478 e. The summed E-state index contributed by atoms with van der Waals surface area (Å²) in [6.07, 6.45) is -4.55. The van der Waals surface area contributed by atoms with Crippen molar-refractivity contribution >= 4 is 28.9 Å². The van der Waals surface area contributed by atoms with Crippen LogP contribution in [0.2, 0.25) is 5.02 Å². The number of aromatic nitrogens is 2. The molecule has 1 aliphatic carbocycles. The molecular weight excluding hydrogens is 605 g/mol. The second-order valence-corrected chi connectivity index (χ2v) is 12.3. The van der Waals surface area contributed by atoms with Crippen molar-refractivity contribution in [3.05, 3.63) is 64.9 Å². The average molecular weight is 638 g/mol. The number of carbonyl (C=O) groups is 1. The molecule has 3 fully saturated rings. The quantitative estimate of drug-likeness (QED) is 0.268. The van der Waals surface area contributed by atoms with Gasteiger partial charge in [-0.1, -0.05) is 29.8 Å². The number of hydrogen-bond acceptors (Lipinski definition) is 5. The average Bonchev–Trinajstić information content (AvgIpc) is 3.63. The maximum atomic E-state index is 13.9. The van der Waals surface area contributed by atoms with Gasteiger partial charge in [0.05, 0.1) is 18.2 Å². The van der Waals surface area contributed by atoms with Crippen LogP contribution in [0.25, 0.3) is 11.1 Å². The number of piperazine rings is 1. The standard InChI is InChI=1S/C31H33ClF5N5O2/c32-21-5-8-24(27(15-21)41-9-1-2-23(18-41)42-28(29(33)34)25(16-38-42)30(43)44)19-3-6-22(7-4-19)40-12-10-39(11-13-40)17-20-14-26(20)31(35,36)37/h3-8,15-16,20,23,26,29H,1-2,9-14,17-18H2,(H,43,44)/t20-,23?,26-/m0/s1. The molecule has 3 heterocycles. The Morgan fingerprint density at radius 1 is 1.02 bits per heavy atom. The molecule has 7 nitrogen and oxygen atoms in total. The van der Waals surface area contributed by atoms with E-state index in [9.17, 15) is 31.9 Å². The molecule has 0 radical (unpaired) electrons. The number of aromatic carboxylic acids is 1. The van der Waals surface area contributed by atoms with E-state index in [-0.39, 0.29) is 12.3 Å². The first-order valence-electron chi connectivity index (χ1n) is 14.8. The van der Waals surface area contributed by atoms with Crippen molar-refractivity contribution in [1.82, 2.24) is 14.7 Å². The van der Waals surface area contributed by atoms with Crippen LogP contribution < -0.4 is 9.80 Å². The lowest BCUT2D eigenvalue weighted by atomic mass is 9.99. The second-order valence-electron chi connectivity index (χ2n) is 11.9. The molecule has 1 saturated carbocycles. The fourth-order valence-corrected chi connectivity index (χ4v) is 6.82. The summed E-state index contributed by atoms with van der Waals surface area (Å²) >= 11 is 6.41. The summed E-state index contributed by atoms with van der Waals surface area (Å²) in [5, 5.41) is 14.0. The number of carboxylic acids is 1. The molecule has 1 unspecified atom stereocenters. The third-order valence-electron chi connectivity index (χ3n) is 9.07. The van der Waals surface area contributed by atoms with Crippen molar-refractivity contribution in [2.75, 3.05) is 55.6 Å². The highest BCUT2D eigenvalue weighted by molar-refractivity contribution is 6.31. The third-order valence-corrected chi connectivity index (χ3v) is 9.30.